The van der Waals surface area contributed by atoms with E-state index in [2.05, 4.69) is 13.8 Å². The molecule has 1 N–H and O–H groups in total. The molecule has 0 radical (unpaired) electrons. The lowest BCUT2D eigenvalue weighted by Gasteiger charge is -2.12. The van der Waals surface area contributed by atoms with Crippen LogP contribution < -0.4 is 0 Å². The van der Waals surface area contributed by atoms with Gasteiger partial charge in [0.05, 0.1) is 6.10 Å². The van der Waals surface area contributed by atoms with Gasteiger partial charge in [-0.05, 0) is 19.3 Å². The predicted octanol–water partition coefficient (Wildman–Crippen LogP) is 1.70. The van der Waals surface area contributed by atoms with Crippen molar-refractivity contribution >= 4 is 21.6 Å². The van der Waals surface area contributed by atoms with Crippen LogP contribution in [0.15, 0.2) is 0 Å². The van der Waals surface area contributed by atoms with E-state index in [0.717, 1.165) is 6.42 Å². The first-order chi connectivity index (χ1) is 6.85. The number of aliphatic hydroxyl groups is 1. The van der Waals surface area contributed by atoms with Crippen molar-refractivity contribution < 1.29 is 13.5 Å². The van der Waals surface area contributed by atoms with Crippen molar-refractivity contribution in [3.8, 4) is 0 Å². The summed E-state index contributed by atoms with van der Waals surface area (Å²) in [5.41, 5.74) is 0. The summed E-state index contributed by atoms with van der Waals surface area (Å²) in [6, 6.07) is 0. The van der Waals surface area contributed by atoms with Crippen molar-refractivity contribution in [1.29, 1.82) is 0 Å². The van der Waals surface area contributed by atoms with Crippen LogP contribution in [-0.4, -0.2) is 42.6 Å². The van der Waals surface area contributed by atoms with Gasteiger partial charge in [-0.1, -0.05) is 13.8 Å². The molecule has 0 aromatic carbocycles. The van der Waals surface area contributed by atoms with E-state index in [4.69, 9.17) is 0 Å². The lowest BCUT2D eigenvalue weighted by molar-refractivity contribution is 0.188. The highest BCUT2D eigenvalue weighted by atomic mass is 32.2. The van der Waals surface area contributed by atoms with E-state index >= 15 is 0 Å². The van der Waals surface area contributed by atoms with E-state index in [-0.39, 0.29) is 11.9 Å². The second-order valence-corrected chi connectivity index (χ2v) is 7.71. The Bertz CT molecular complexity index is 249. The molecule has 0 bridgehead atoms. The van der Waals surface area contributed by atoms with Crippen LogP contribution >= 0.6 is 11.8 Å². The molecule has 3 nitrogen and oxygen atoms in total. The van der Waals surface area contributed by atoms with Gasteiger partial charge in [-0.3, -0.25) is 0 Å². The Kier molecular flexibility index (Phi) is 7.65. The fourth-order valence-electron chi connectivity index (χ4n) is 1.06. The molecule has 0 heterocycles. The summed E-state index contributed by atoms with van der Waals surface area (Å²) in [6.07, 6.45) is 3.09. The zero-order valence-electron chi connectivity index (χ0n) is 9.77. The van der Waals surface area contributed by atoms with Crippen LogP contribution in [0.3, 0.4) is 0 Å². The topological polar surface area (TPSA) is 54.4 Å². The van der Waals surface area contributed by atoms with Gasteiger partial charge in [0, 0.05) is 23.0 Å². The molecule has 0 aliphatic heterocycles. The third kappa shape index (κ3) is 10.5. The summed E-state index contributed by atoms with van der Waals surface area (Å²) < 4.78 is 21.7. The minimum Gasteiger partial charge on any atom is -0.392 e. The molecule has 2 atom stereocenters. The molecule has 5 heteroatoms. The highest BCUT2D eigenvalue weighted by molar-refractivity contribution is 7.99. The number of rotatable bonds is 8. The maximum atomic E-state index is 10.8. The Morgan fingerprint density at radius 2 is 2.00 bits per heavy atom. The van der Waals surface area contributed by atoms with Crippen molar-refractivity contribution in [3.63, 3.8) is 0 Å². The van der Waals surface area contributed by atoms with Gasteiger partial charge in [0.15, 0.2) is 0 Å². The molecule has 0 fully saturated rings. The van der Waals surface area contributed by atoms with E-state index in [0.29, 0.717) is 23.8 Å². The van der Waals surface area contributed by atoms with Crippen molar-refractivity contribution in [1.82, 2.24) is 0 Å². The van der Waals surface area contributed by atoms with Crippen LogP contribution in [0.5, 0.6) is 0 Å². The van der Waals surface area contributed by atoms with E-state index in [9.17, 15) is 13.5 Å². The smallest absolute Gasteiger partial charge is 0.147 e. The third-order valence-electron chi connectivity index (χ3n) is 2.20. The summed E-state index contributed by atoms with van der Waals surface area (Å²) in [7, 11) is -2.87. The number of aliphatic hydroxyl groups excluding tert-OH is 1. The third-order valence-corrected chi connectivity index (χ3v) is 4.71. The molecule has 92 valence electrons. The van der Waals surface area contributed by atoms with Crippen LogP contribution in [0.4, 0.5) is 0 Å². The fourth-order valence-corrected chi connectivity index (χ4v) is 2.70. The van der Waals surface area contributed by atoms with Gasteiger partial charge in [-0.2, -0.15) is 11.8 Å². The highest BCUT2D eigenvalue weighted by Gasteiger charge is 2.09. The predicted molar refractivity (Wildman–Crippen MR) is 67.2 cm³/mol. The van der Waals surface area contributed by atoms with Gasteiger partial charge in [0.1, 0.15) is 9.84 Å². The minimum absolute atomic E-state index is 0.179. The second-order valence-electron chi connectivity index (χ2n) is 3.98. The fraction of sp³-hybridized carbons (Fsp3) is 1.00. The summed E-state index contributed by atoms with van der Waals surface area (Å²) in [5, 5.41) is 10.1. The van der Waals surface area contributed by atoms with Crippen LogP contribution in [0.25, 0.3) is 0 Å². The highest BCUT2D eigenvalue weighted by Crippen LogP contribution is 2.16. The molecule has 0 saturated heterocycles. The van der Waals surface area contributed by atoms with Crippen LogP contribution in [0.2, 0.25) is 0 Å². The molecule has 0 aromatic heterocycles. The summed E-state index contributed by atoms with van der Waals surface area (Å²) >= 11 is 1.74. The minimum atomic E-state index is -2.87. The zero-order chi connectivity index (χ0) is 11.9. The molecule has 0 aliphatic rings. The van der Waals surface area contributed by atoms with E-state index < -0.39 is 9.84 Å². The molecule has 0 amide bonds. The van der Waals surface area contributed by atoms with Crippen LogP contribution in [0, 0.1) is 0 Å². The molecule has 0 saturated carbocycles. The lowest BCUT2D eigenvalue weighted by atomic mass is 10.2. The van der Waals surface area contributed by atoms with Crippen molar-refractivity contribution in [2.45, 2.75) is 44.5 Å². The Morgan fingerprint density at radius 1 is 1.40 bits per heavy atom. The first kappa shape index (κ1) is 15.3. The van der Waals surface area contributed by atoms with Gasteiger partial charge in [0.25, 0.3) is 0 Å². The zero-order valence-corrected chi connectivity index (χ0v) is 11.4. The molecular formula is C10H22O3S2. The van der Waals surface area contributed by atoms with Gasteiger partial charge in [-0.15, -0.1) is 0 Å². The Hall–Kier alpha value is 0.260. The second kappa shape index (κ2) is 7.52. The quantitative estimate of drug-likeness (QED) is 0.716. The average molecular weight is 254 g/mol. The maximum Gasteiger partial charge on any atom is 0.147 e. The molecular weight excluding hydrogens is 232 g/mol. The van der Waals surface area contributed by atoms with Gasteiger partial charge in [0.2, 0.25) is 0 Å². The van der Waals surface area contributed by atoms with Crippen molar-refractivity contribution in [3.05, 3.63) is 0 Å². The molecule has 0 aromatic rings. The number of hydrogen-bond donors (Lipinski definition) is 1. The normalized spacial score (nSPS) is 16.3. The Labute approximate surface area is 97.6 Å². The van der Waals surface area contributed by atoms with Crippen LogP contribution in [-0.2, 0) is 9.84 Å². The SMILES string of the molecule is CCC(C)SCC(O)CCCS(C)(=O)=O. The maximum absolute atomic E-state index is 10.8. The number of sulfone groups is 1. The van der Waals surface area contributed by atoms with Crippen LogP contribution in [0.1, 0.15) is 33.1 Å². The van der Waals surface area contributed by atoms with E-state index in [1.165, 1.54) is 6.26 Å². The summed E-state index contributed by atoms with van der Waals surface area (Å²) in [4.78, 5) is 0. The van der Waals surface area contributed by atoms with E-state index in [1.54, 1.807) is 11.8 Å². The summed E-state index contributed by atoms with van der Waals surface area (Å²) in [5.74, 6) is 0.886. The lowest BCUT2D eigenvalue weighted by Crippen LogP contribution is -2.14. The Morgan fingerprint density at radius 3 is 2.47 bits per heavy atom. The van der Waals surface area contributed by atoms with Gasteiger partial charge < -0.3 is 5.11 Å². The average Bonchev–Trinajstić information content (AvgIpc) is 2.12. The largest absolute Gasteiger partial charge is 0.392 e. The molecule has 15 heavy (non-hydrogen) atoms. The molecule has 2 unspecified atom stereocenters. The van der Waals surface area contributed by atoms with E-state index in [1.807, 2.05) is 0 Å². The van der Waals surface area contributed by atoms with Gasteiger partial charge in [-0.25, -0.2) is 8.42 Å². The molecule has 0 aliphatic carbocycles. The number of hydrogen-bond acceptors (Lipinski definition) is 4. The first-order valence-electron chi connectivity index (χ1n) is 5.32. The van der Waals surface area contributed by atoms with Crippen molar-refractivity contribution in [2.24, 2.45) is 0 Å². The Balaban J connectivity index is 3.54. The van der Waals surface area contributed by atoms with Gasteiger partial charge >= 0.3 is 0 Å². The van der Waals surface area contributed by atoms with Crippen molar-refractivity contribution in [2.75, 3.05) is 17.8 Å². The monoisotopic (exact) mass is 254 g/mol. The first-order valence-corrected chi connectivity index (χ1v) is 8.43. The molecule has 0 rings (SSSR count). The summed E-state index contributed by atoms with van der Waals surface area (Å²) in [6.45, 7) is 4.25. The number of thioether (sulfide) groups is 1. The molecule has 0 spiro atoms. The standard InChI is InChI=1S/C10H22O3S2/c1-4-9(2)14-8-10(11)6-5-7-15(3,12)13/h9-11H,4-8H2,1-3H3.